The van der Waals surface area contributed by atoms with Crippen LogP contribution in [0.1, 0.15) is 39.0 Å². The van der Waals surface area contributed by atoms with E-state index in [2.05, 4.69) is 5.32 Å². The van der Waals surface area contributed by atoms with Gasteiger partial charge in [0.1, 0.15) is 5.78 Å². The summed E-state index contributed by atoms with van der Waals surface area (Å²) in [6.07, 6.45) is 6.19. The number of Topliss-reactive ketones (excluding diaryl/α,β-unsaturated/α-hetero) is 1. The molecule has 2 rings (SSSR count). The predicted octanol–water partition coefficient (Wildman–Crippen LogP) is 1.75. The lowest BCUT2D eigenvalue weighted by molar-refractivity contribution is -0.120. The van der Waals surface area contributed by atoms with Crippen LogP contribution >= 0.6 is 0 Å². The van der Waals surface area contributed by atoms with Crippen LogP contribution in [0.2, 0.25) is 0 Å². The van der Waals surface area contributed by atoms with Crippen LogP contribution in [-0.4, -0.2) is 18.9 Å². The summed E-state index contributed by atoms with van der Waals surface area (Å²) in [5.74, 6) is 0.800. The van der Waals surface area contributed by atoms with Crippen LogP contribution in [0.25, 0.3) is 0 Å². The van der Waals surface area contributed by atoms with Crippen LogP contribution in [-0.2, 0) is 4.79 Å². The molecular weight excluding hydrogens is 162 g/mol. The molecule has 2 heteroatoms. The van der Waals surface area contributed by atoms with Gasteiger partial charge in [0.25, 0.3) is 0 Å². The van der Waals surface area contributed by atoms with E-state index < -0.39 is 0 Å². The Hall–Kier alpha value is -0.370. The Morgan fingerprint density at radius 1 is 1.31 bits per heavy atom. The van der Waals surface area contributed by atoms with Crippen molar-refractivity contribution in [2.75, 3.05) is 13.1 Å². The van der Waals surface area contributed by atoms with Gasteiger partial charge in [0.05, 0.1) is 0 Å². The molecule has 1 aliphatic heterocycles. The SMILES string of the molecule is CC(=O)C1CCC2(CCNCC2)C1. The Bertz CT molecular complexity index is 206. The summed E-state index contributed by atoms with van der Waals surface area (Å²) >= 11 is 0. The number of hydrogen-bond donors (Lipinski definition) is 1. The van der Waals surface area contributed by atoms with E-state index in [0.717, 1.165) is 19.5 Å². The zero-order chi connectivity index (χ0) is 9.31. The number of carbonyl (C=O) groups excluding carboxylic acids is 1. The van der Waals surface area contributed by atoms with Gasteiger partial charge in [-0.15, -0.1) is 0 Å². The maximum Gasteiger partial charge on any atom is 0.132 e. The molecule has 1 heterocycles. The molecule has 0 amide bonds. The second-order valence-corrected chi connectivity index (χ2v) is 4.80. The smallest absolute Gasteiger partial charge is 0.132 e. The first-order valence-corrected chi connectivity index (χ1v) is 5.43. The molecule has 2 nitrogen and oxygen atoms in total. The fourth-order valence-electron chi connectivity index (χ4n) is 2.97. The van der Waals surface area contributed by atoms with Crippen molar-refractivity contribution in [3.8, 4) is 0 Å². The average Bonchev–Trinajstić information content (AvgIpc) is 2.51. The molecule has 2 aliphatic rings. The Labute approximate surface area is 80.1 Å². The maximum atomic E-state index is 11.3. The fourth-order valence-corrected chi connectivity index (χ4v) is 2.97. The lowest BCUT2D eigenvalue weighted by Gasteiger charge is -2.33. The molecule has 0 aromatic heterocycles. The van der Waals surface area contributed by atoms with Crippen molar-refractivity contribution in [1.82, 2.24) is 5.32 Å². The van der Waals surface area contributed by atoms with E-state index in [9.17, 15) is 4.79 Å². The first-order chi connectivity index (χ1) is 6.22. The second kappa shape index (κ2) is 3.41. The predicted molar refractivity (Wildman–Crippen MR) is 52.6 cm³/mol. The molecule has 1 N–H and O–H groups in total. The van der Waals surface area contributed by atoms with E-state index in [1.165, 1.54) is 25.7 Å². The van der Waals surface area contributed by atoms with E-state index >= 15 is 0 Å². The molecule has 74 valence electrons. The van der Waals surface area contributed by atoms with E-state index in [0.29, 0.717) is 17.1 Å². The van der Waals surface area contributed by atoms with Gasteiger partial charge in [-0.2, -0.15) is 0 Å². The highest BCUT2D eigenvalue weighted by atomic mass is 16.1. The van der Waals surface area contributed by atoms with Gasteiger partial charge in [-0.05, 0) is 57.5 Å². The standard InChI is InChI=1S/C11H19NO/c1-9(13)10-2-3-11(8-10)4-6-12-7-5-11/h10,12H,2-8H2,1H3. The Morgan fingerprint density at radius 2 is 2.00 bits per heavy atom. The normalized spacial score (nSPS) is 32.2. The van der Waals surface area contributed by atoms with Crippen LogP contribution in [0.3, 0.4) is 0 Å². The third-order valence-corrected chi connectivity index (χ3v) is 3.94. The summed E-state index contributed by atoms with van der Waals surface area (Å²) < 4.78 is 0. The lowest BCUT2D eigenvalue weighted by Crippen LogP contribution is -2.35. The van der Waals surface area contributed by atoms with Gasteiger partial charge in [-0.3, -0.25) is 4.79 Å². The Balaban J connectivity index is 1.98. The van der Waals surface area contributed by atoms with Crippen LogP contribution < -0.4 is 5.32 Å². The molecule has 2 fully saturated rings. The minimum Gasteiger partial charge on any atom is -0.317 e. The molecular formula is C11H19NO. The molecule has 1 spiro atoms. The molecule has 0 bridgehead atoms. The number of carbonyl (C=O) groups is 1. The van der Waals surface area contributed by atoms with Gasteiger partial charge >= 0.3 is 0 Å². The molecule has 1 aliphatic carbocycles. The molecule has 1 saturated heterocycles. The van der Waals surface area contributed by atoms with Crippen molar-refractivity contribution in [2.45, 2.75) is 39.0 Å². The number of rotatable bonds is 1. The zero-order valence-corrected chi connectivity index (χ0v) is 8.44. The maximum absolute atomic E-state index is 11.3. The van der Waals surface area contributed by atoms with Gasteiger partial charge < -0.3 is 5.32 Å². The number of piperidine rings is 1. The molecule has 0 radical (unpaired) electrons. The first-order valence-electron chi connectivity index (χ1n) is 5.43. The summed E-state index contributed by atoms with van der Waals surface area (Å²) in [7, 11) is 0. The monoisotopic (exact) mass is 181 g/mol. The topological polar surface area (TPSA) is 29.1 Å². The third kappa shape index (κ3) is 1.78. The van der Waals surface area contributed by atoms with Gasteiger partial charge in [-0.25, -0.2) is 0 Å². The Morgan fingerprint density at radius 3 is 2.54 bits per heavy atom. The summed E-state index contributed by atoms with van der Waals surface area (Å²) in [4.78, 5) is 11.3. The largest absolute Gasteiger partial charge is 0.317 e. The quantitative estimate of drug-likeness (QED) is 0.667. The van der Waals surface area contributed by atoms with Crippen molar-refractivity contribution in [1.29, 1.82) is 0 Å². The molecule has 1 atom stereocenters. The highest BCUT2D eigenvalue weighted by molar-refractivity contribution is 5.78. The number of nitrogens with one attached hydrogen (secondary N) is 1. The van der Waals surface area contributed by atoms with Crippen molar-refractivity contribution in [2.24, 2.45) is 11.3 Å². The number of ketones is 1. The highest BCUT2D eigenvalue weighted by Crippen LogP contribution is 2.47. The van der Waals surface area contributed by atoms with Gasteiger partial charge in [0, 0.05) is 5.92 Å². The van der Waals surface area contributed by atoms with Crippen LogP contribution in [0.15, 0.2) is 0 Å². The first kappa shape index (κ1) is 9.20. The average molecular weight is 181 g/mol. The zero-order valence-electron chi connectivity index (χ0n) is 8.44. The van der Waals surface area contributed by atoms with Crippen LogP contribution in [0.4, 0.5) is 0 Å². The van der Waals surface area contributed by atoms with Crippen LogP contribution in [0.5, 0.6) is 0 Å². The molecule has 13 heavy (non-hydrogen) atoms. The van der Waals surface area contributed by atoms with E-state index in [1.54, 1.807) is 6.92 Å². The minimum atomic E-state index is 0.387. The molecule has 0 aromatic rings. The molecule has 1 unspecified atom stereocenters. The summed E-state index contributed by atoms with van der Waals surface area (Å²) in [5, 5.41) is 3.40. The number of hydrogen-bond acceptors (Lipinski definition) is 2. The van der Waals surface area contributed by atoms with E-state index in [4.69, 9.17) is 0 Å². The fraction of sp³-hybridized carbons (Fsp3) is 0.909. The summed E-state index contributed by atoms with van der Waals surface area (Å²) in [6, 6.07) is 0. The van der Waals surface area contributed by atoms with Crippen molar-refractivity contribution in [3.63, 3.8) is 0 Å². The van der Waals surface area contributed by atoms with Crippen molar-refractivity contribution >= 4 is 5.78 Å². The van der Waals surface area contributed by atoms with Gasteiger partial charge in [0.15, 0.2) is 0 Å². The Kier molecular flexibility index (Phi) is 2.41. The summed E-state index contributed by atoms with van der Waals surface area (Å²) in [6.45, 7) is 4.07. The van der Waals surface area contributed by atoms with Gasteiger partial charge in [-0.1, -0.05) is 0 Å². The third-order valence-electron chi connectivity index (χ3n) is 3.94. The second-order valence-electron chi connectivity index (χ2n) is 4.80. The van der Waals surface area contributed by atoms with Crippen molar-refractivity contribution < 1.29 is 4.79 Å². The van der Waals surface area contributed by atoms with E-state index in [1.807, 2.05) is 0 Å². The minimum absolute atomic E-state index is 0.387. The molecule has 0 aromatic carbocycles. The lowest BCUT2D eigenvalue weighted by atomic mass is 9.77. The highest BCUT2D eigenvalue weighted by Gasteiger charge is 2.40. The van der Waals surface area contributed by atoms with Gasteiger partial charge in [0.2, 0.25) is 0 Å². The summed E-state index contributed by atoms with van der Waals surface area (Å²) in [5.41, 5.74) is 0.543. The molecule has 1 saturated carbocycles. The van der Waals surface area contributed by atoms with Crippen LogP contribution in [0, 0.1) is 11.3 Å². The van der Waals surface area contributed by atoms with Crippen molar-refractivity contribution in [3.05, 3.63) is 0 Å². The van der Waals surface area contributed by atoms with E-state index in [-0.39, 0.29) is 0 Å².